The van der Waals surface area contributed by atoms with Crippen LogP contribution in [0.2, 0.25) is 0 Å². The first kappa shape index (κ1) is 6.91. The first-order valence-electron chi connectivity index (χ1n) is 3.54. The van der Waals surface area contributed by atoms with Crippen LogP contribution >= 0.6 is 0 Å². The Hall–Kier alpha value is -1.77. The zero-order valence-electron chi connectivity index (χ0n) is 6.28. The van der Waals surface area contributed by atoms with E-state index in [1.54, 1.807) is 24.5 Å². The maximum atomic E-state index is 10.5. The maximum Gasteiger partial charge on any atom is 0.157 e. The van der Waals surface area contributed by atoms with E-state index in [0.717, 1.165) is 11.7 Å². The highest BCUT2D eigenvalue weighted by Gasteiger charge is 2.05. The molecule has 0 spiro atoms. The summed E-state index contributed by atoms with van der Waals surface area (Å²) in [4.78, 5) is 10.5. The zero-order valence-corrected chi connectivity index (χ0v) is 6.28. The second-order valence-corrected chi connectivity index (χ2v) is 2.53. The Morgan fingerprint density at radius 3 is 2.92 bits per heavy atom. The van der Waals surface area contributed by atoms with Gasteiger partial charge in [0.2, 0.25) is 0 Å². The quantitative estimate of drug-likeness (QED) is 0.512. The normalized spacial score (nSPS) is 10.3. The molecule has 0 fully saturated rings. The van der Waals surface area contributed by atoms with Crippen molar-refractivity contribution in [2.75, 3.05) is 5.73 Å². The number of aldehydes is 1. The molecular weight excluding hydrogens is 154 g/mol. The van der Waals surface area contributed by atoms with Gasteiger partial charge < -0.3 is 10.2 Å². The number of nitrogens with two attached hydrogens (primary N) is 1. The molecule has 0 saturated carbocycles. The van der Waals surface area contributed by atoms with Crippen molar-refractivity contribution < 1.29 is 9.21 Å². The Balaban J connectivity index is 2.86. The van der Waals surface area contributed by atoms with Crippen molar-refractivity contribution in [3.05, 3.63) is 30.0 Å². The van der Waals surface area contributed by atoms with E-state index in [-0.39, 0.29) is 0 Å². The minimum absolute atomic E-state index is 0.410. The van der Waals surface area contributed by atoms with Gasteiger partial charge in [-0.2, -0.15) is 0 Å². The molecule has 0 aliphatic carbocycles. The van der Waals surface area contributed by atoms with Crippen molar-refractivity contribution in [1.82, 2.24) is 0 Å². The molecule has 0 radical (unpaired) electrons. The third-order valence-electron chi connectivity index (χ3n) is 1.82. The van der Waals surface area contributed by atoms with Crippen molar-refractivity contribution in [1.29, 1.82) is 0 Å². The molecule has 1 aromatic heterocycles. The third-order valence-corrected chi connectivity index (χ3v) is 1.82. The Labute approximate surface area is 68.8 Å². The lowest BCUT2D eigenvalue weighted by Crippen LogP contribution is -1.92. The molecule has 0 saturated heterocycles. The van der Waals surface area contributed by atoms with E-state index in [2.05, 4.69) is 0 Å². The summed E-state index contributed by atoms with van der Waals surface area (Å²) < 4.78 is 5.11. The fourth-order valence-corrected chi connectivity index (χ4v) is 1.17. The van der Waals surface area contributed by atoms with E-state index < -0.39 is 0 Å². The van der Waals surface area contributed by atoms with Gasteiger partial charge in [0.25, 0.3) is 0 Å². The molecule has 0 atom stereocenters. The van der Waals surface area contributed by atoms with Gasteiger partial charge >= 0.3 is 0 Å². The number of anilines is 1. The SMILES string of the molecule is Nc1c(C=O)ccc2ccoc12. The molecule has 2 rings (SSSR count). The first-order chi connectivity index (χ1) is 5.83. The lowest BCUT2D eigenvalue weighted by Gasteiger charge is -1.97. The number of rotatable bonds is 1. The highest BCUT2D eigenvalue weighted by molar-refractivity contribution is 5.97. The Morgan fingerprint density at radius 2 is 2.17 bits per heavy atom. The van der Waals surface area contributed by atoms with Crippen LogP contribution in [0.15, 0.2) is 28.9 Å². The van der Waals surface area contributed by atoms with Crippen molar-refractivity contribution >= 4 is 22.9 Å². The van der Waals surface area contributed by atoms with Gasteiger partial charge in [0.15, 0.2) is 11.9 Å². The van der Waals surface area contributed by atoms with Gasteiger partial charge in [0, 0.05) is 10.9 Å². The Kier molecular flexibility index (Phi) is 1.37. The number of carbonyl (C=O) groups excluding carboxylic acids is 1. The van der Waals surface area contributed by atoms with E-state index in [1.165, 1.54) is 0 Å². The maximum absolute atomic E-state index is 10.5. The molecule has 2 N–H and O–H groups in total. The standard InChI is InChI=1S/C9H7NO2/c10-8-7(5-11)2-1-6-3-4-12-9(6)8/h1-5H,10H2. The molecule has 12 heavy (non-hydrogen) atoms. The summed E-state index contributed by atoms with van der Waals surface area (Å²) >= 11 is 0. The highest BCUT2D eigenvalue weighted by atomic mass is 16.3. The summed E-state index contributed by atoms with van der Waals surface area (Å²) in [5, 5.41) is 0.915. The second kappa shape index (κ2) is 2.37. The summed E-state index contributed by atoms with van der Waals surface area (Å²) in [7, 11) is 0. The molecule has 0 aliphatic heterocycles. The first-order valence-corrected chi connectivity index (χ1v) is 3.54. The summed E-state index contributed by atoms with van der Waals surface area (Å²) in [6, 6.07) is 5.29. The van der Waals surface area contributed by atoms with Crippen molar-refractivity contribution in [3.63, 3.8) is 0 Å². The number of nitrogen functional groups attached to an aromatic ring is 1. The van der Waals surface area contributed by atoms with Gasteiger partial charge in [-0.05, 0) is 12.1 Å². The van der Waals surface area contributed by atoms with Crippen LogP contribution in [0.1, 0.15) is 10.4 Å². The molecule has 1 aromatic carbocycles. The lowest BCUT2D eigenvalue weighted by atomic mass is 10.1. The van der Waals surface area contributed by atoms with E-state index in [9.17, 15) is 4.79 Å². The van der Waals surface area contributed by atoms with Crippen LogP contribution in [-0.4, -0.2) is 6.29 Å². The van der Waals surface area contributed by atoms with Gasteiger partial charge in [-0.3, -0.25) is 4.79 Å². The van der Waals surface area contributed by atoms with Gasteiger partial charge in [0.05, 0.1) is 12.0 Å². The van der Waals surface area contributed by atoms with E-state index in [1.807, 2.05) is 0 Å². The van der Waals surface area contributed by atoms with Gasteiger partial charge in [-0.25, -0.2) is 0 Å². The third kappa shape index (κ3) is 0.797. The summed E-state index contributed by atoms with van der Waals surface area (Å²) in [5.74, 6) is 0. The summed E-state index contributed by atoms with van der Waals surface area (Å²) in [6.07, 6.45) is 2.27. The minimum atomic E-state index is 0.410. The molecule has 0 amide bonds. The van der Waals surface area contributed by atoms with Crippen molar-refractivity contribution in [2.24, 2.45) is 0 Å². The number of benzene rings is 1. The van der Waals surface area contributed by atoms with Gasteiger partial charge in [-0.1, -0.05) is 6.07 Å². The van der Waals surface area contributed by atoms with Crippen LogP contribution in [0.5, 0.6) is 0 Å². The molecular formula is C9H7NO2. The van der Waals surface area contributed by atoms with Crippen molar-refractivity contribution in [2.45, 2.75) is 0 Å². The summed E-state index contributed by atoms with van der Waals surface area (Å²) in [6.45, 7) is 0. The lowest BCUT2D eigenvalue weighted by molar-refractivity contribution is 0.112. The number of fused-ring (bicyclic) bond motifs is 1. The van der Waals surface area contributed by atoms with Crippen LogP contribution in [0, 0.1) is 0 Å². The predicted molar refractivity (Wildman–Crippen MR) is 46.0 cm³/mol. The molecule has 1 heterocycles. The van der Waals surface area contributed by atoms with Crippen LogP contribution in [0.25, 0.3) is 11.0 Å². The molecule has 60 valence electrons. The molecule has 0 aliphatic rings. The van der Waals surface area contributed by atoms with Crippen LogP contribution in [0.4, 0.5) is 5.69 Å². The smallest absolute Gasteiger partial charge is 0.157 e. The van der Waals surface area contributed by atoms with E-state index in [4.69, 9.17) is 10.2 Å². The molecule has 3 nitrogen and oxygen atoms in total. The molecule has 0 unspecified atom stereocenters. The number of hydrogen-bond acceptors (Lipinski definition) is 3. The fourth-order valence-electron chi connectivity index (χ4n) is 1.17. The predicted octanol–water partition coefficient (Wildman–Crippen LogP) is 1.83. The van der Waals surface area contributed by atoms with Crippen molar-refractivity contribution in [3.8, 4) is 0 Å². The van der Waals surface area contributed by atoms with Gasteiger partial charge in [0.1, 0.15) is 0 Å². The fraction of sp³-hybridized carbons (Fsp3) is 0. The average molecular weight is 161 g/mol. The molecule has 0 bridgehead atoms. The largest absolute Gasteiger partial charge is 0.462 e. The highest BCUT2D eigenvalue weighted by Crippen LogP contribution is 2.24. The van der Waals surface area contributed by atoms with E-state index >= 15 is 0 Å². The Bertz CT molecular complexity index is 431. The number of hydrogen-bond donors (Lipinski definition) is 1. The second-order valence-electron chi connectivity index (χ2n) is 2.53. The topological polar surface area (TPSA) is 56.2 Å². The zero-order chi connectivity index (χ0) is 8.55. The monoisotopic (exact) mass is 161 g/mol. The summed E-state index contributed by atoms with van der Waals surface area (Å²) in [5.41, 5.74) is 7.11. The Morgan fingerprint density at radius 1 is 1.33 bits per heavy atom. The van der Waals surface area contributed by atoms with Crippen LogP contribution in [-0.2, 0) is 0 Å². The molecule has 2 aromatic rings. The van der Waals surface area contributed by atoms with Gasteiger partial charge in [-0.15, -0.1) is 0 Å². The number of carbonyl (C=O) groups is 1. The minimum Gasteiger partial charge on any atom is -0.462 e. The van der Waals surface area contributed by atoms with Crippen LogP contribution in [0.3, 0.4) is 0 Å². The number of furan rings is 1. The molecule has 3 heteroatoms. The average Bonchev–Trinajstić information content (AvgIpc) is 2.53. The van der Waals surface area contributed by atoms with E-state index in [0.29, 0.717) is 16.8 Å². The van der Waals surface area contributed by atoms with Crippen LogP contribution < -0.4 is 5.73 Å².